The smallest absolute Gasteiger partial charge is 0.410 e. The average Bonchev–Trinajstić information content (AvgIpc) is 2.91. The molecule has 0 radical (unpaired) electrons. The molecule has 1 amide bonds. The zero-order chi connectivity index (χ0) is 14.8. The van der Waals surface area contributed by atoms with Gasteiger partial charge in [0.2, 0.25) is 0 Å². The minimum atomic E-state index is -0.400. The molecule has 2 heterocycles. The minimum Gasteiger partial charge on any atom is -0.450 e. The van der Waals surface area contributed by atoms with Crippen LogP contribution < -0.4 is 0 Å². The number of carbonyl (C=O) groups is 2. The summed E-state index contributed by atoms with van der Waals surface area (Å²) in [7, 11) is 0. The number of ketones is 1. The maximum absolute atomic E-state index is 12.4. The summed E-state index contributed by atoms with van der Waals surface area (Å²) in [6, 6.07) is 7.95. The fourth-order valence-electron chi connectivity index (χ4n) is 2.91. The van der Waals surface area contributed by atoms with Gasteiger partial charge >= 0.3 is 6.09 Å². The second-order valence-electron chi connectivity index (χ2n) is 5.22. The van der Waals surface area contributed by atoms with Crippen LogP contribution in [0.25, 0.3) is 10.9 Å². The number of benzene rings is 1. The number of Topliss-reactive ketones (excluding diaryl/α,β-unsaturated/α-hetero) is 1. The first-order valence-corrected chi connectivity index (χ1v) is 7.21. The van der Waals surface area contributed by atoms with Crippen molar-refractivity contribution in [3.63, 3.8) is 0 Å². The molecule has 1 aromatic carbocycles. The Bertz CT molecular complexity index is 677. The van der Waals surface area contributed by atoms with Gasteiger partial charge in [0.1, 0.15) is 0 Å². The molecule has 1 aliphatic heterocycles. The van der Waals surface area contributed by atoms with Crippen molar-refractivity contribution in [2.45, 2.75) is 19.3 Å². The lowest BCUT2D eigenvalue weighted by atomic mass is 9.88. The van der Waals surface area contributed by atoms with Gasteiger partial charge < -0.3 is 14.6 Å². The fourth-order valence-corrected chi connectivity index (χ4v) is 2.91. The van der Waals surface area contributed by atoms with Crippen molar-refractivity contribution >= 4 is 22.8 Å². The lowest BCUT2D eigenvalue weighted by Crippen LogP contribution is -2.43. The third-order valence-electron chi connectivity index (χ3n) is 3.95. The van der Waals surface area contributed by atoms with Crippen LogP contribution in [0.5, 0.6) is 0 Å². The fraction of sp³-hybridized carbons (Fsp3) is 0.375. The summed E-state index contributed by atoms with van der Waals surface area (Å²) < 4.78 is 4.95. The van der Waals surface area contributed by atoms with Gasteiger partial charge in [-0.25, -0.2) is 4.79 Å². The summed E-state index contributed by atoms with van der Waals surface area (Å²) >= 11 is 0. The van der Waals surface area contributed by atoms with Crippen LogP contribution in [0.2, 0.25) is 0 Å². The first kappa shape index (κ1) is 13.7. The Morgan fingerprint density at radius 3 is 3.00 bits per heavy atom. The number of aromatic amines is 1. The largest absolute Gasteiger partial charge is 0.450 e. The Balaban J connectivity index is 1.80. The molecule has 1 fully saturated rings. The van der Waals surface area contributed by atoms with E-state index in [0.717, 1.165) is 16.5 Å². The van der Waals surface area contributed by atoms with E-state index in [1.54, 1.807) is 6.92 Å². The van der Waals surface area contributed by atoms with Crippen molar-refractivity contribution < 1.29 is 14.3 Å². The van der Waals surface area contributed by atoms with Crippen LogP contribution in [0.15, 0.2) is 30.5 Å². The van der Waals surface area contributed by atoms with Crippen molar-refractivity contribution in [2.75, 3.05) is 19.7 Å². The number of carbonyl (C=O) groups excluding carboxylic acids is 2. The van der Waals surface area contributed by atoms with Gasteiger partial charge in [0.25, 0.3) is 0 Å². The molecule has 1 atom stereocenters. The molecule has 5 heteroatoms. The summed E-state index contributed by atoms with van der Waals surface area (Å²) in [6.45, 7) is 2.77. The molecule has 1 unspecified atom stereocenters. The molecule has 1 N–H and O–H groups in total. The second kappa shape index (κ2) is 5.60. The third kappa shape index (κ3) is 2.51. The zero-order valence-corrected chi connectivity index (χ0v) is 12.0. The van der Waals surface area contributed by atoms with Gasteiger partial charge in [0.15, 0.2) is 5.78 Å². The number of amides is 1. The number of rotatable bonds is 2. The quantitative estimate of drug-likeness (QED) is 0.923. The van der Waals surface area contributed by atoms with Crippen LogP contribution in [0, 0.1) is 0 Å². The molecule has 21 heavy (non-hydrogen) atoms. The number of hydrogen-bond acceptors (Lipinski definition) is 3. The highest BCUT2D eigenvalue weighted by atomic mass is 16.6. The first-order chi connectivity index (χ1) is 10.2. The van der Waals surface area contributed by atoms with Gasteiger partial charge in [0, 0.05) is 29.6 Å². The molecule has 3 rings (SSSR count). The number of hydrogen-bond donors (Lipinski definition) is 1. The maximum Gasteiger partial charge on any atom is 0.410 e. The highest BCUT2D eigenvalue weighted by Gasteiger charge is 2.32. The van der Waals surface area contributed by atoms with Crippen LogP contribution in [0.1, 0.15) is 24.8 Å². The number of nitrogens with one attached hydrogen (secondary N) is 1. The summed E-state index contributed by atoms with van der Waals surface area (Å²) in [5, 5.41) is 1.08. The van der Waals surface area contributed by atoms with Crippen molar-refractivity contribution in [2.24, 2.45) is 0 Å². The van der Waals surface area contributed by atoms with E-state index >= 15 is 0 Å². The molecule has 0 spiro atoms. The standard InChI is InChI=1S/C16H18N2O3/c1-2-21-16(20)18-8-7-12(15(19)10-18)13-9-17-14-6-4-3-5-11(13)14/h3-6,9,12,17H,2,7-8,10H2,1H3. The van der Waals surface area contributed by atoms with E-state index in [0.29, 0.717) is 19.6 Å². The van der Waals surface area contributed by atoms with Crippen LogP contribution in [0.4, 0.5) is 4.79 Å². The van der Waals surface area contributed by atoms with Gasteiger partial charge in [-0.3, -0.25) is 4.79 Å². The lowest BCUT2D eigenvalue weighted by Gasteiger charge is -2.30. The Hall–Kier alpha value is -2.30. The molecule has 5 nitrogen and oxygen atoms in total. The lowest BCUT2D eigenvalue weighted by molar-refractivity contribution is -0.123. The number of H-pyrrole nitrogens is 1. The van der Waals surface area contributed by atoms with E-state index in [1.165, 1.54) is 4.90 Å². The van der Waals surface area contributed by atoms with E-state index < -0.39 is 6.09 Å². The Morgan fingerprint density at radius 1 is 1.43 bits per heavy atom. The van der Waals surface area contributed by atoms with E-state index in [9.17, 15) is 9.59 Å². The van der Waals surface area contributed by atoms with Crippen molar-refractivity contribution in [3.8, 4) is 0 Å². The van der Waals surface area contributed by atoms with Crippen molar-refractivity contribution in [3.05, 3.63) is 36.0 Å². The highest BCUT2D eigenvalue weighted by molar-refractivity contribution is 5.95. The van der Waals surface area contributed by atoms with Crippen LogP contribution in [-0.4, -0.2) is 41.5 Å². The van der Waals surface area contributed by atoms with E-state index in [4.69, 9.17) is 4.74 Å². The second-order valence-corrected chi connectivity index (χ2v) is 5.22. The molecule has 0 saturated carbocycles. The normalized spacial score (nSPS) is 19.0. The molecular formula is C16H18N2O3. The van der Waals surface area contributed by atoms with Crippen molar-refractivity contribution in [1.29, 1.82) is 0 Å². The van der Waals surface area contributed by atoms with Crippen molar-refractivity contribution in [1.82, 2.24) is 9.88 Å². The van der Waals surface area contributed by atoms with Gasteiger partial charge in [-0.2, -0.15) is 0 Å². The molecule has 1 aromatic heterocycles. The first-order valence-electron chi connectivity index (χ1n) is 7.21. The number of piperidine rings is 1. The minimum absolute atomic E-state index is 0.0686. The Morgan fingerprint density at radius 2 is 2.24 bits per heavy atom. The molecule has 1 saturated heterocycles. The molecular weight excluding hydrogens is 268 g/mol. The number of nitrogens with zero attached hydrogens (tertiary/aromatic N) is 1. The van der Waals surface area contributed by atoms with E-state index in [-0.39, 0.29) is 18.2 Å². The monoisotopic (exact) mass is 286 g/mol. The topological polar surface area (TPSA) is 62.4 Å². The number of para-hydroxylation sites is 1. The summed E-state index contributed by atoms with van der Waals surface area (Å²) in [6.07, 6.45) is 2.15. The molecule has 0 aliphatic carbocycles. The molecule has 1 aliphatic rings. The summed E-state index contributed by atoms with van der Waals surface area (Å²) in [5.41, 5.74) is 2.06. The summed E-state index contributed by atoms with van der Waals surface area (Å²) in [4.78, 5) is 28.8. The highest BCUT2D eigenvalue weighted by Crippen LogP contribution is 2.31. The number of ether oxygens (including phenoxy) is 1. The zero-order valence-electron chi connectivity index (χ0n) is 12.0. The van der Waals surface area contributed by atoms with Crippen LogP contribution in [-0.2, 0) is 9.53 Å². The van der Waals surface area contributed by atoms with E-state index in [2.05, 4.69) is 4.98 Å². The van der Waals surface area contributed by atoms with E-state index in [1.807, 2.05) is 30.5 Å². The Kier molecular flexibility index (Phi) is 3.64. The van der Waals surface area contributed by atoms with Gasteiger partial charge in [0.05, 0.1) is 13.2 Å². The summed E-state index contributed by atoms with van der Waals surface area (Å²) in [5.74, 6) is -0.0779. The average molecular weight is 286 g/mol. The van der Waals surface area contributed by atoms with Gasteiger partial charge in [-0.1, -0.05) is 18.2 Å². The van der Waals surface area contributed by atoms with Gasteiger partial charge in [-0.15, -0.1) is 0 Å². The maximum atomic E-state index is 12.4. The van der Waals surface area contributed by atoms with Gasteiger partial charge in [-0.05, 0) is 25.0 Å². The number of aromatic nitrogens is 1. The van der Waals surface area contributed by atoms with Crippen LogP contribution in [0.3, 0.4) is 0 Å². The third-order valence-corrected chi connectivity index (χ3v) is 3.95. The molecule has 2 aromatic rings. The molecule has 110 valence electrons. The predicted octanol–water partition coefficient (Wildman–Crippen LogP) is 2.68. The SMILES string of the molecule is CCOC(=O)N1CCC(c2c[nH]c3ccccc23)C(=O)C1. The number of fused-ring (bicyclic) bond motifs is 1. The molecule has 0 bridgehead atoms. The number of likely N-dealkylation sites (tertiary alicyclic amines) is 1. The predicted molar refractivity (Wildman–Crippen MR) is 79.3 cm³/mol. The Labute approximate surface area is 122 Å². The van der Waals surface area contributed by atoms with Crippen LogP contribution >= 0.6 is 0 Å².